The van der Waals surface area contributed by atoms with Crippen LogP contribution in [0.15, 0.2) is 30.6 Å². The Morgan fingerprint density at radius 2 is 2.25 bits per heavy atom. The molecule has 0 bridgehead atoms. The quantitative estimate of drug-likeness (QED) is 0.902. The van der Waals surface area contributed by atoms with Gasteiger partial charge in [-0.1, -0.05) is 6.07 Å². The molecule has 0 aromatic carbocycles. The SMILES string of the molecule is c1ccn2cc(CN(C[C@@H]3CCCN3)C3CC3)nc2c1. The lowest BCUT2D eigenvalue weighted by molar-refractivity contribution is 0.229. The first-order chi connectivity index (χ1) is 9.88. The van der Waals surface area contributed by atoms with Crippen LogP contribution in [0.4, 0.5) is 0 Å². The van der Waals surface area contributed by atoms with Gasteiger partial charge in [-0.25, -0.2) is 4.98 Å². The zero-order valence-electron chi connectivity index (χ0n) is 11.8. The third-order valence-electron chi connectivity index (χ3n) is 4.46. The Kier molecular flexibility index (Phi) is 3.20. The lowest BCUT2D eigenvalue weighted by Gasteiger charge is -2.24. The van der Waals surface area contributed by atoms with Crippen LogP contribution in [0.3, 0.4) is 0 Å². The second-order valence-corrected chi connectivity index (χ2v) is 6.15. The number of nitrogens with zero attached hydrogens (tertiary/aromatic N) is 3. The highest BCUT2D eigenvalue weighted by Crippen LogP contribution is 2.29. The maximum absolute atomic E-state index is 4.74. The molecule has 0 spiro atoms. The molecule has 1 atom stereocenters. The van der Waals surface area contributed by atoms with E-state index in [1.807, 2.05) is 6.07 Å². The molecule has 4 rings (SSSR count). The molecule has 1 saturated heterocycles. The van der Waals surface area contributed by atoms with Crippen LogP contribution >= 0.6 is 0 Å². The van der Waals surface area contributed by atoms with Crippen molar-refractivity contribution in [1.82, 2.24) is 19.6 Å². The van der Waals surface area contributed by atoms with Gasteiger partial charge >= 0.3 is 0 Å². The van der Waals surface area contributed by atoms with Gasteiger partial charge < -0.3 is 9.72 Å². The van der Waals surface area contributed by atoms with E-state index in [9.17, 15) is 0 Å². The van der Waals surface area contributed by atoms with Crippen molar-refractivity contribution in [3.63, 3.8) is 0 Å². The van der Waals surface area contributed by atoms with Gasteiger partial charge in [-0.3, -0.25) is 4.90 Å². The van der Waals surface area contributed by atoms with E-state index in [1.54, 1.807) is 0 Å². The fourth-order valence-electron chi connectivity index (χ4n) is 3.25. The molecular formula is C16H22N4. The van der Waals surface area contributed by atoms with Gasteiger partial charge in [-0.15, -0.1) is 0 Å². The monoisotopic (exact) mass is 270 g/mol. The molecule has 3 heterocycles. The molecule has 1 aliphatic carbocycles. The Balaban J connectivity index is 1.49. The summed E-state index contributed by atoms with van der Waals surface area (Å²) in [6, 6.07) is 7.66. The van der Waals surface area contributed by atoms with Gasteiger partial charge in [0.1, 0.15) is 5.65 Å². The average Bonchev–Trinajstić information content (AvgIpc) is 3.03. The molecule has 106 valence electrons. The van der Waals surface area contributed by atoms with Crippen molar-refractivity contribution in [2.24, 2.45) is 0 Å². The Hall–Kier alpha value is -1.39. The lowest BCUT2D eigenvalue weighted by atomic mass is 10.2. The average molecular weight is 270 g/mol. The molecule has 0 radical (unpaired) electrons. The minimum absolute atomic E-state index is 0.688. The van der Waals surface area contributed by atoms with Crippen LogP contribution in [-0.4, -0.2) is 39.5 Å². The molecule has 2 aromatic heterocycles. The van der Waals surface area contributed by atoms with E-state index in [2.05, 4.69) is 39.1 Å². The van der Waals surface area contributed by atoms with Crippen LogP contribution in [-0.2, 0) is 6.54 Å². The van der Waals surface area contributed by atoms with Crippen molar-refractivity contribution in [2.75, 3.05) is 13.1 Å². The number of hydrogen-bond acceptors (Lipinski definition) is 3. The minimum Gasteiger partial charge on any atom is -0.313 e. The molecule has 4 heteroatoms. The molecule has 1 aliphatic heterocycles. The number of nitrogens with one attached hydrogen (secondary N) is 1. The number of hydrogen-bond donors (Lipinski definition) is 1. The number of pyridine rings is 1. The van der Waals surface area contributed by atoms with Crippen LogP contribution in [0.5, 0.6) is 0 Å². The maximum Gasteiger partial charge on any atom is 0.137 e. The molecule has 0 amide bonds. The number of imidazole rings is 1. The van der Waals surface area contributed by atoms with Gasteiger partial charge in [0.25, 0.3) is 0 Å². The van der Waals surface area contributed by atoms with E-state index in [1.165, 1.54) is 44.5 Å². The van der Waals surface area contributed by atoms with Crippen LogP contribution in [0.1, 0.15) is 31.4 Å². The Morgan fingerprint density at radius 1 is 1.30 bits per heavy atom. The molecule has 1 saturated carbocycles. The van der Waals surface area contributed by atoms with Gasteiger partial charge in [0.05, 0.1) is 5.69 Å². The van der Waals surface area contributed by atoms with E-state index in [0.717, 1.165) is 18.2 Å². The third-order valence-corrected chi connectivity index (χ3v) is 4.46. The molecular weight excluding hydrogens is 248 g/mol. The second-order valence-electron chi connectivity index (χ2n) is 6.15. The molecule has 20 heavy (non-hydrogen) atoms. The van der Waals surface area contributed by atoms with Crippen LogP contribution in [0, 0.1) is 0 Å². The summed E-state index contributed by atoms with van der Waals surface area (Å²) in [4.78, 5) is 7.37. The van der Waals surface area contributed by atoms with Crippen molar-refractivity contribution in [1.29, 1.82) is 0 Å². The standard InChI is InChI=1S/C16H22N4/c1-2-9-19-11-14(18-16(19)5-1)12-20(15-6-7-15)10-13-4-3-8-17-13/h1-2,5,9,11,13,15,17H,3-4,6-8,10,12H2/t13-/m0/s1. The van der Waals surface area contributed by atoms with E-state index in [0.29, 0.717) is 6.04 Å². The fourth-order valence-corrected chi connectivity index (χ4v) is 3.25. The largest absolute Gasteiger partial charge is 0.313 e. The number of fused-ring (bicyclic) bond motifs is 1. The van der Waals surface area contributed by atoms with Gasteiger partial charge in [-0.2, -0.15) is 0 Å². The predicted octanol–water partition coefficient (Wildman–Crippen LogP) is 2.05. The first-order valence-electron chi connectivity index (χ1n) is 7.78. The zero-order valence-corrected chi connectivity index (χ0v) is 11.8. The molecule has 4 nitrogen and oxygen atoms in total. The minimum atomic E-state index is 0.688. The highest BCUT2D eigenvalue weighted by atomic mass is 15.2. The molecule has 2 aliphatic rings. The second kappa shape index (κ2) is 5.19. The van der Waals surface area contributed by atoms with Gasteiger partial charge in [0.15, 0.2) is 0 Å². The summed E-state index contributed by atoms with van der Waals surface area (Å²) < 4.78 is 2.12. The van der Waals surface area contributed by atoms with Crippen molar-refractivity contribution in [2.45, 2.75) is 44.3 Å². The Bertz CT molecular complexity index is 548. The molecule has 0 unspecified atom stereocenters. The Morgan fingerprint density at radius 3 is 3.00 bits per heavy atom. The van der Waals surface area contributed by atoms with Gasteiger partial charge in [0.2, 0.25) is 0 Å². The van der Waals surface area contributed by atoms with E-state index >= 15 is 0 Å². The highest BCUT2D eigenvalue weighted by Gasteiger charge is 2.31. The van der Waals surface area contributed by atoms with Crippen molar-refractivity contribution in [3.8, 4) is 0 Å². The summed E-state index contributed by atoms with van der Waals surface area (Å²) in [5.74, 6) is 0. The summed E-state index contributed by atoms with van der Waals surface area (Å²) >= 11 is 0. The number of aromatic nitrogens is 2. The van der Waals surface area contributed by atoms with Crippen LogP contribution < -0.4 is 5.32 Å². The zero-order chi connectivity index (χ0) is 13.4. The first-order valence-corrected chi connectivity index (χ1v) is 7.78. The third kappa shape index (κ3) is 2.58. The smallest absolute Gasteiger partial charge is 0.137 e. The van der Waals surface area contributed by atoms with Crippen molar-refractivity contribution < 1.29 is 0 Å². The van der Waals surface area contributed by atoms with E-state index < -0.39 is 0 Å². The van der Waals surface area contributed by atoms with Crippen molar-refractivity contribution >= 4 is 5.65 Å². The van der Waals surface area contributed by atoms with Crippen LogP contribution in [0.25, 0.3) is 5.65 Å². The molecule has 1 N–H and O–H groups in total. The maximum atomic E-state index is 4.74. The summed E-state index contributed by atoms with van der Waals surface area (Å²) in [6.07, 6.45) is 9.63. The summed E-state index contributed by atoms with van der Waals surface area (Å²) in [5.41, 5.74) is 2.25. The summed E-state index contributed by atoms with van der Waals surface area (Å²) in [7, 11) is 0. The molecule has 2 aromatic rings. The Labute approximate surface area is 119 Å². The lowest BCUT2D eigenvalue weighted by Crippen LogP contribution is -2.38. The fraction of sp³-hybridized carbons (Fsp3) is 0.562. The normalized spacial score (nSPS) is 22.9. The van der Waals surface area contributed by atoms with E-state index in [-0.39, 0.29) is 0 Å². The van der Waals surface area contributed by atoms with Gasteiger partial charge in [0, 0.05) is 37.6 Å². The number of rotatable bonds is 5. The van der Waals surface area contributed by atoms with Crippen LogP contribution in [0.2, 0.25) is 0 Å². The first kappa shape index (κ1) is 12.4. The molecule has 2 fully saturated rings. The van der Waals surface area contributed by atoms with Gasteiger partial charge in [-0.05, 0) is 44.4 Å². The topological polar surface area (TPSA) is 32.6 Å². The van der Waals surface area contributed by atoms with Crippen molar-refractivity contribution in [3.05, 3.63) is 36.3 Å². The van der Waals surface area contributed by atoms with E-state index in [4.69, 9.17) is 4.98 Å². The summed E-state index contributed by atoms with van der Waals surface area (Å²) in [6.45, 7) is 3.36. The highest BCUT2D eigenvalue weighted by molar-refractivity contribution is 5.39. The summed E-state index contributed by atoms with van der Waals surface area (Å²) in [5, 5.41) is 3.61. The predicted molar refractivity (Wildman–Crippen MR) is 79.6 cm³/mol.